The van der Waals surface area contributed by atoms with Gasteiger partial charge < -0.3 is 15.8 Å². The van der Waals surface area contributed by atoms with E-state index >= 15 is 0 Å². The molecule has 1 saturated heterocycles. The van der Waals surface area contributed by atoms with Gasteiger partial charge in [-0.1, -0.05) is 31.5 Å². The normalized spacial score (nSPS) is 21.0. The number of nitrogens with zero attached hydrogens (tertiary/aromatic N) is 1. The molecule has 5 nitrogen and oxygen atoms in total. The van der Waals surface area contributed by atoms with Gasteiger partial charge in [0.2, 0.25) is 5.91 Å². The van der Waals surface area contributed by atoms with E-state index in [0.717, 1.165) is 19.5 Å². The van der Waals surface area contributed by atoms with Crippen molar-refractivity contribution >= 4 is 17.5 Å². The lowest BCUT2D eigenvalue weighted by Crippen LogP contribution is -2.54. The van der Waals surface area contributed by atoms with Crippen LogP contribution in [0.3, 0.4) is 0 Å². The van der Waals surface area contributed by atoms with Gasteiger partial charge in [0.25, 0.3) is 0 Å². The molecule has 1 unspecified atom stereocenters. The van der Waals surface area contributed by atoms with Crippen LogP contribution < -0.4 is 15.8 Å². The molecular formula is C17H26ClN3O2. The third-order valence-corrected chi connectivity index (χ3v) is 4.48. The molecule has 1 heterocycles. The van der Waals surface area contributed by atoms with Crippen LogP contribution in [-0.2, 0) is 4.79 Å². The average Bonchev–Trinajstić information content (AvgIpc) is 2.47. The van der Waals surface area contributed by atoms with E-state index in [0.29, 0.717) is 30.5 Å². The first kappa shape index (κ1) is 18.0. The van der Waals surface area contributed by atoms with Crippen LogP contribution in [0, 0.1) is 5.41 Å². The smallest absolute Gasteiger partial charge is 0.234 e. The zero-order chi connectivity index (χ0) is 16.9. The third-order valence-electron chi connectivity index (χ3n) is 4.25. The highest BCUT2D eigenvalue weighted by Gasteiger charge is 2.33. The number of hydrogen-bond acceptors (Lipinski definition) is 4. The summed E-state index contributed by atoms with van der Waals surface area (Å²) in [6, 6.07) is 7.42. The van der Waals surface area contributed by atoms with E-state index in [9.17, 15) is 4.79 Å². The summed E-state index contributed by atoms with van der Waals surface area (Å²) >= 11 is 5.89. The van der Waals surface area contributed by atoms with Crippen LogP contribution >= 0.6 is 11.6 Å². The quantitative estimate of drug-likeness (QED) is 0.777. The zero-order valence-corrected chi connectivity index (χ0v) is 14.6. The molecule has 1 atom stereocenters. The van der Waals surface area contributed by atoms with Crippen molar-refractivity contribution in [1.82, 2.24) is 10.2 Å². The van der Waals surface area contributed by atoms with Gasteiger partial charge in [-0.3, -0.25) is 9.69 Å². The Labute approximate surface area is 143 Å². The lowest BCUT2D eigenvalue weighted by molar-refractivity contribution is -0.123. The maximum atomic E-state index is 12.0. The van der Waals surface area contributed by atoms with Gasteiger partial charge in [-0.25, -0.2) is 0 Å². The molecule has 1 aliphatic heterocycles. The first-order chi connectivity index (χ1) is 10.9. The number of likely N-dealkylation sites (tertiary alicyclic amines) is 1. The van der Waals surface area contributed by atoms with Gasteiger partial charge in [-0.05, 0) is 30.0 Å². The molecule has 1 amide bonds. The first-order valence-corrected chi connectivity index (χ1v) is 8.37. The summed E-state index contributed by atoms with van der Waals surface area (Å²) in [5.74, 6) is 0.726. The van der Waals surface area contributed by atoms with Gasteiger partial charge in [-0.15, -0.1) is 0 Å². The molecule has 3 N–H and O–H groups in total. The molecule has 1 aromatic carbocycles. The lowest BCUT2D eigenvalue weighted by atomic mass is 9.80. The SMILES string of the molecule is CC1(C)CN(CC(=O)NCCOc2cccc(Cl)c2)CCC1N. The van der Waals surface area contributed by atoms with E-state index in [1.54, 1.807) is 12.1 Å². The number of halogens is 1. The van der Waals surface area contributed by atoms with Crippen LogP contribution in [0.25, 0.3) is 0 Å². The summed E-state index contributed by atoms with van der Waals surface area (Å²) in [6.45, 7) is 7.33. The Hall–Kier alpha value is -1.30. The Balaban J connectivity index is 1.65. The molecule has 0 radical (unpaired) electrons. The topological polar surface area (TPSA) is 67.6 Å². The Kier molecular flexibility index (Phi) is 6.27. The van der Waals surface area contributed by atoms with Crippen LogP contribution in [0.15, 0.2) is 24.3 Å². The van der Waals surface area contributed by atoms with Crippen LogP contribution in [0.5, 0.6) is 5.75 Å². The van der Waals surface area contributed by atoms with Crippen molar-refractivity contribution < 1.29 is 9.53 Å². The Bertz CT molecular complexity index is 536. The van der Waals surface area contributed by atoms with Crippen LogP contribution in [-0.4, -0.2) is 49.6 Å². The number of carbonyl (C=O) groups is 1. The fraction of sp³-hybridized carbons (Fsp3) is 0.588. The number of benzene rings is 1. The van der Waals surface area contributed by atoms with E-state index in [4.69, 9.17) is 22.1 Å². The second-order valence-corrected chi connectivity index (χ2v) is 7.19. The van der Waals surface area contributed by atoms with Crippen molar-refractivity contribution in [1.29, 1.82) is 0 Å². The maximum absolute atomic E-state index is 12.0. The number of rotatable bonds is 6. The molecule has 6 heteroatoms. The molecular weight excluding hydrogens is 314 g/mol. The molecule has 23 heavy (non-hydrogen) atoms. The molecule has 1 aromatic rings. The molecule has 1 fully saturated rings. The first-order valence-electron chi connectivity index (χ1n) is 8.00. The highest BCUT2D eigenvalue weighted by molar-refractivity contribution is 6.30. The minimum absolute atomic E-state index is 0.0194. The summed E-state index contributed by atoms with van der Waals surface area (Å²) < 4.78 is 5.55. The molecule has 0 aromatic heterocycles. The van der Waals surface area contributed by atoms with Gasteiger partial charge in [0.05, 0.1) is 13.1 Å². The predicted molar refractivity (Wildman–Crippen MR) is 92.8 cm³/mol. The fourth-order valence-electron chi connectivity index (χ4n) is 2.80. The van der Waals surface area contributed by atoms with Crippen molar-refractivity contribution in [2.24, 2.45) is 11.1 Å². The van der Waals surface area contributed by atoms with Crippen LogP contribution in [0.4, 0.5) is 0 Å². The lowest BCUT2D eigenvalue weighted by Gasteiger charge is -2.42. The minimum Gasteiger partial charge on any atom is -0.492 e. The summed E-state index contributed by atoms with van der Waals surface area (Å²) in [5.41, 5.74) is 6.17. The van der Waals surface area contributed by atoms with Gasteiger partial charge >= 0.3 is 0 Å². The van der Waals surface area contributed by atoms with Gasteiger partial charge in [0, 0.05) is 24.2 Å². The second-order valence-electron chi connectivity index (χ2n) is 6.75. The van der Waals surface area contributed by atoms with Crippen molar-refractivity contribution in [2.75, 3.05) is 32.8 Å². The van der Waals surface area contributed by atoms with Crippen LogP contribution in [0.1, 0.15) is 20.3 Å². The van der Waals surface area contributed by atoms with E-state index < -0.39 is 0 Å². The Morgan fingerprint density at radius 1 is 1.52 bits per heavy atom. The molecule has 0 saturated carbocycles. The van der Waals surface area contributed by atoms with E-state index in [1.807, 2.05) is 12.1 Å². The zero-order valence-electron chi connectivity index (χ0n) is 13.8. The summed E-state index contributed by atoms with van der Waals surface area (Å²) in [6.07, 6.45) is 0.929. The molecule has 0 spiro atoms. The Morgan fingerprint density at radius 3 is 3.00 bits per heavy atom. The monoisotopic (exact) mass is 339 g/mol. The predicted octanol–water partition coefficient (Wildman–Crippen LogP) is 1.89. The largest absolute Gasteiger partial charge is 0.492 e. The van der Waals surface area contributed by atoms with E-state index in [-0.39, 0.29) is 17.4 Å². The number of nitrogens with two attached hydrogens (primary N) is 1. The summed E-state index contributed by atoms with van der Waals surface area (Å²) in [7, 11) is 0. The maximum Gasteiger partial charge on any atom is 0.234 e. The number of piperidine rings is 1. The highest BCUT2D eigenvalue weighted by atomic mass is 35.5. The molecule has 1 aliphatic rings. The van der Waals surface area contributed by atoms with E-state index in [2.05, 4.69) is 24.1 Å². The minimum atomic E-state index is 0.0194. The van der Waals surface area contributed by atoms with Crippen molar-refractivity contribution in [3.8, 4) is 5.75 Å². The summed E-state index contributed by atoms with van der Waals surface area (Å²) in [4.78, 5) is 14.2. The van der Waals surface area contributed by atoms with Crippen molar-refractivity contribution in [3.63, 3.8) is 0 Å². The van der Waals surface area contributed by atoms with Gasteiger partial charge in [0.15, 0.2) is 0 Å². The number of ether oxygens (including phenoxy) is 1. The number of nitrogens with one attached hydrogen (secondary N) is 1. The standard InChI is InChI=1S/C17H26ClN3O2/c1-17(2)12-21(8-6-15(17)19)11-16(22)20-7-9-23-14-5-3-4-13(18)10-14/h3-5,10,15H,6-9,11-12,19H2,1-2H3,(H,20,22). The molecule has 0 aliphatic carbocycles. The van der Waals surface area contributed by atoms with Crippen molar-refractivity contribution in [3.05, 3.63) is 29.3 Å². The number of amides is 1. The van der Waals surface area contributed by atoms with Crippen molar-refractivity contribution in [2.45, 2.75) is 26.3 Å². The van der Waals surface area contributed by atoms with E-state index in [1.165, 1.54) is 0 Å². The van der Waals surface area contributed by atoms with Gasteiger partial charge in [0.1, 0.15) is 12.4 Å². The molecule has 128 valence electrons. The fourth-order valence-corrected chi connectivity index (χ4v) is 2.98. The average molecular weight is 340 g/mol. The molecule has 2 rings (SSSR count). The molecule has 0 bridgehead atoms. The summed E-state index contributed by atoms with van der Waals surface area (Å²) in [5, 5.41) is 3.52. The highest BCUT2D eigenvalue weighted by Crippen LogP contribution is 2.27. The Morgan fingerprint density at radius 2 is 2.30 bits per heavy atom. The van der Waals surface area contributed by atoms with Gasteiger partial charge in [-0.2, -0.15) is 0 Å². The third kappa shape index (κ3) is 5.68. The number of carbonyl (C=O) groups excluding carboxylic acids is 1. The van der Waals surface area contributed by atoms with Crippen LogP contribution in [0.2, 0.25) is 5.02 Å². The second kappa shape index (κ2) is 7.99. The number of hydrogen-bond donors (Lipinski definition) is 2.